The normalized spacial score (nSPS) is 10.9. The second-order valence-corrected chi connectivity index (χ2v) is 8.34. The van der Waals surface area contributed by atoms with E-state index in [-0.39, 0.29) is 5.56 Å². The summed E-state index contributed by atoms with van der Waals surface area (Å²) >= 11 is 0. The number of carboxylic acids is 1. The molecule has 0 amide bonds. The van der Waals surface area contributed by atoms with E-state index in [0.717, 1.165) is 18.7 Å². The molecule has 166 valence electrons. The fourth-order valence-corrected chi connectivity index (χ4v) is 3.75. The maximum atomic E-state index is 10.9. The smallest absolute Gasteiger partial charge is 0.335 e. The van der Waals surface area contributed by atoms with Gasteiger partial charge in [-0.05, 0) is 24.6 Å². The van der Waals surface area contributed by atoms with E-state index in [9.17, 15) is 4.79 Å². The number of nitrogens with one attached hydrogen (secondary N) is 1. The van der Waals surface area contributed by atoms with Gasteiger partial charge < -0.3 is 16.2 Å². The zero-order valence-electron chi connectivity index (χ0n) is 18.7. The highest BCUT2D eigenvalue weighted by molar-refractivity contribution is 5.90. The second kappa shape index (κ2) is 17.2. The molecule has 1 aromatic carbocycles. The van der Waals surface area contributed by atoms with Gasteiger partial charge in [-0.2, -0.15) is 0 Å². The van der Waals surface area contributed by atoms with E-state index in [1.54, 1.807) is 12.1 Å². The van der Waals surface area contributed by atoms with Gasteiger partial charge in [0.05, 0.1) is 16.9 Å². The first-order chi connectivity index (χ1) is 14.1. The fraction of sp³-hybridized carbons (Fsp3) is 0.720. The molecule has 4 N–H and O–H groups in total. The third-order valence-electron chi connectivity index (χ3n) is 5.64. The van der Waals surface area contributed by atoms with Crippen LogP contribution in [0.15, 0.2) is 18.2 Å². The summed E-state index contributed by atoms with van der Waals surface area (Å²) in [6.45, 7) is 3.16. The number of nitrogens with two attached hydrogens (primary N) is 1. The zero-order chi connectivity index (χ0) is 21.2. The summed E-state index contributed by atoms with van der Waals surface area (Å²) in [6.07, 6.45) is 21.9. The zero-order valence-corrected chi connectivity index (χ0v) is 18.7. The molecule has 0 radical (unpaired) electrons. The van der Waals surface area contributed by atoms with E-state index >= 15 is 0 Å². The first kappa shape index (κ1) is 25.3. The Hall–Kier alpha value is -1.71. The number of unbranched alkanes of at least 4 members (excludes halogenated alkanes) is 15. The van der Waals surface area contributed by atoms with Crippen LogP contribution in [0, 0.1) is 0 Å². The van der Waals surface area contributed by atoms with Crippen LogP contribution in [0.3, 0.4) is 0 Å². The standard InChI is InChI=1S/C25H44N2O2/c1-2-3-4-5-6-7-8-9-10-11-12-13-14-15-16-17-20-27-24-19-18-22(25(28)29)21-23(24)26/h18-19,21,27H,2-17,20,26H2,1H3,(H,28,29). The Kier molecular flexibility index (Phi) is 15.0. The Morgan fingerprint density at radius 1 is 0.793 bits per heavy atom. The molecule has 0 spiro atoms. The highest BCUT2D eigenvalue weighted by atomic mass is 16.4. The fourth-order valence-electron chi connectivity index (χ4n) is 3.75. The van der Waals surface area contributed by atoms with Gasteiger partial charge in [0.25, 0.3) is 0 Å². The average Bonchev–Trinajstić information content (AvgIpc) is 2.71. The Morgan fingerprint density at radius 2 is 1.24 bits per heavy atom. The molecule has 0 saturated carbocycles. The molecule has 29 heavy (non-hydrogen) atoms. The summed E-state index contributed by atoms with van der Waals surface area (Å²) in [5.41, 5.74) is 7.47. The predicted octanol–water partition coefficient (Wildman–Crippen LogP) is 7.64. The molecule has 0 fully saturated rings. The molecule has 4 nitrogen and oxygen atoms in total. The van der Waals surface area contributed by atoms with Crippen LogP contribution in [0.4, 0.5) is 11.4 Å². The summed E-state index contributed by atoms with van der Waals surface area (Å²) in [7, 11) is 0. The lowest BCUT2D eigenvalue weighted by atomic mass is 10.0. The van der Waals surface area contributed by atoms with Gasteiger partial charge in [-0.15, -0.1) is 0 Å². The van der Waals surface area contributed by atoms with Gasteiger partial charge in [0.15, 0.2) is 0 Å². The van der Waals surface area contributed by atoms with Crippen molar-refractivity contribution in [3.8, 4) is 0 Å². The molecule has 0 aliphatic carbocycles. The van der Waals surface area contributed by atoms with E-state index in [0.29, 0.717) is 5.69 Å². The predicted molar refractivity (Wildman–Crippen MR) is 126 cm³/mol. The molecule has 0 aliphatic rings. The van der Waals surface area contributed by atoms with Crippen molar-refractivity contribution in [1.29, 1.82) is 0 Å². The average molecular weight is 405 g/mol. The van der Waals surface area contributed by atoms with Crippen LogP contribution in [-0.4, -0.2) is 17.6 Å². The minimum Gasteiger partial charge on any atom is -0.478 e. The highest BCUT2D eigenvalue weighted by Crippen LogP contribution is 2.20. The summed E-state index contributed by atoms with van der Waals surface area (Å²) < 4.78 is 0. The summed E-state index contributed by atoms with van der Waals surface area (Å²) in [4.78, 5) is 10.9. The molecular weight excluding hydrogens is 360 g/mol. The van der Waals surface area contributed by atoms with Crippen molar-refractivity contribution in [3.05, 3.63) is 23.8 Å². The van der Waals surface area contributed by atoms with E-state index in [2.05, 4.69) is 12.2 Å². The van der Waals surface area contributed by atoms with Crippen LogP contribution >= 0.6 is 0 Å². The van der Waals surface area contributed by atoms with Crippen molar-refractivity contribution < 1.29 is 9.90 Å². The largest absolute Gasteiger partial charge is 0.478 e. The number of aromatic carboxylic acids is 1. The number of carbonyl (C=O) groups is 1. The van der Waals surface area contributed by atoms with Crippen LogP contribution in [0.1, 0.15) is 120 Å². The van der Waals surface area contributed by atoms with Gasteiger partial charge in [0.1, 0.15) is 0 Å². The first-order valence-electron chi connectivity index (χ1n) is 12.0. The lowest BCUT2D eigenvalue weighted by Gasteiger charge is -2.10. The Morgan fingerprint density at radius 3 is 1.66 bits per heavy atom. The van der Waals surface area contributed by atoms with Gasteiger partial charge in [-0.25, -0.2) is 4.79 Å². The molecule has 0 saturated heterocycles. The van der Waals surface area contributed by atoms with E-state index in [1.165, 1.54) is 102 Å². The Bertz CT molecular complexity index is 546. The van der Waals surface area contributed by atoms with E-state index in [1.807, 2.05) is 0 Å². The maximum absolute atomic E-state index is 10.9. The number of carboxylic acid groups (broad SMARTS) is 1. The Labute approximate surface area is 178 Å². The lowest BCUT2D eigenvalue weighted by Crippen LogP contribution is -2.06. The third-order valence-corrected chi connectivity index (χ3v) is 5.64. The van der Waals surface area contributed by atoms with E-state index in [4.69, 9.17) is 10.8 Å². The van der Waals surface area contributed by atoms with Gasteiger partial charge in [0.2, 0.25) is 0 Å². The molecule has 0 aliphatic heterocycles. The topological polar surface area (TPSA) is 75.3 Å². The lowest BCUT2D eigenvalue weighted by molar-refractivity contribution is 0.0697. The van der Waals surface area contributed by atoms with Crippen LogP contribution in [0.5, 0.6) is 0 Å². The van der Waals surface area contributed by atoms with Crippen LogP contribution in [0.25, 0.3) is 0 Å². The summed E-state index contributed by atoms with van der Waals surface area (Å²) in [6, 6.07) is 4.86. The second-order valence-electron chi connectivity index (χ2n) is 8.34. The number of anilines is 2. The molecule has 0 bridgehead atoms. The number of benzene rings is 1. The van der Waals surface area contributed by atoms with Crippen molar-refractivity contribution in [2.24, 2.45) is 0 Å². The minimum absolute atomic E-state index is 0.232. The van der Waals surface area contributed by atoms with Crippen molar-refractivity contribution in [2.45, 2.75) is 110 Å². The SMILES string of the molecule is CCCCCCCCCCCCCCCCCCNc1ccc(C(=O)O)cc1N. The quantitative estimate of drug-likeness (QED) is 0.163. The minimum atomic E-state index is -0.943. The molecule has 0 aromatic heterocycles. The molecule has 0 atom stereocenters. The van der Waals surface area contributed by atoms with E-state index < -0.39 is 5.97 Å². The molecule has 1 aromatic rings. The molecule has 4 heteroatoms. The van der Waals surface area contributed by atoms with Crippen LogP contribution < -0.4 is 11.1 Å². The van der Waals surface area contributed by atoms with Crippen molar-refractivity contribution >= 4 is 17.3 Å². The van der Waals surface area contributed by atoms with Gasteiger partial charge in [0, 0.05) is 6.54 Å². The first-order valence-corrected chi connectivity index (χ1v) is 12.0. The maximum Gasteiger partial charge on any atom is 0.335 e. The van der Waals surface area contributed by atoms with Gasteiger partial charge >= 0.3 is 5.97 Å². The molecule has 0 unspecified atom stereocenters. The van der Waals surface area contributed by atoms with Crippen molar-refractivity contribution in [1.82, 2.24) is 0 Å². The molecule has 0 heterocycles. The Balaban J connectivity index is 1.85. The summed E-state index contributed by atoms with van der Waals surface area (Å²) in [5, 5.41) is 12.3. The van der Waals surface area contributed by atoms with Crippen LogP contribution in [-0.2, 0) is 0 Å². The number of hydrogen-bond acceptors (Lipinski definition) is 3. The monoisotopic (exact) mass is 404 g/mol. The number of rotatable bonds is 19. The summed E-state index contributed by atoms with van der Waals surface area (Å²) in [5.74, 6) is -0.943. The number of nitrogen functional groups attached to an aromatic ring is 1. The molecule has 1 rings (SSSR count). The van der Waals surface area contributed by atoms with Gasteiger partial charge in [-0.3, -0.25) is 0 Å². The molecular formula is C25H44N2O2. The van der Waals surface area contributed by atoms with Gasteiger partial charge in [-0.1, -0.05) is 103 Å². The van der Waals surface area contributed by atoms with Crippen molar-refractivity contribution in [3.63, 3.8) is 0 Å². The van der Waals surface area contributed by atoms with Crippen LogP contribution in [0.2, 0.25) is 0 Å². The van der Waals surface area contributed by atoms with Crippen molar-refractivity contribution in [2.75, 3.05) is 17.6 Å². The third kappa shape index (κ3) is 13.2. The highest BCUT2D eigenvalue weighted by Gasteiger charge is 2.05. The number of hydrogen-bond donors (Lipinski definition) is 3.